The number of carbonyl (C=O) groups is 3. The molecule has 0 saturated carbocycles. The lowest BCUT2D eigenvalue weighted by Gasteiger charge is -2.35. The molecule has 3 aliphatic heterocycles. The third kappa shape index (κ3) is 3.51. The van der Waals surface area contributed by atoms with Crippen LogP contribution < -0.4 is 10.6 Å². The summed E-state index contributed by atoms with van der Waals surface area (Å²) in [6.07, 6.45) is 4.92. The maximum atomic E-state index is 13.6. The molecule has 30 heavy (non-hydrogen) atoms. The Morgan fingerprint density at radius 3 is 2.50 bits per heavy atom. The van der Waals surface area contributed by atoms with Crippen molar-refractivity contribution in [2.24, 2.45) is 11.8 Å². The van der Waals surface area contributed by atoms with E-state index in [1.807, 2.05) is 13.8 Å². The lowest BCUT2D eigenvalue weighted by atomic mass is 9.66. The molecule has 2 bridgehead atoms. The van der Waals surface area contributed by atoms with Gasteiger partial charge in [-0.15, -0.1) is 0 Å². The van der Waals surface area contributed by atoms with E-state index in [2.05, 4.69) is 17.6 Å². The summed E-state index contributed by atoms with van der Waals surface area (Å²) >= 11 is 0. The molecule has 3 amide bonds. The second kappa shape index (κ2) is 8.83. The van der Waals surface area contributed by atoms with Crippen molar-refractivity contribution in [3.8, 4) is 0 Å². The first-order valence-corrected chi connectivity index (χ1v) is 11.5. The first-order valence-electron chi connectivity index (χ1n) is 11.5. The summed E-state index contributed by atoms with van der Waals surface area (Å²) in [6.45, 7) is 8.52. The van der Waals surface area contributed by atoms with Crippen LogP contribution in [0.25, 0.3) is 0 Å². The van der Waals surface area contributed by atoms with E-state index in [1.165, 1.54) is 4.90 Å². The predicted molar refractivity (Wildman–Crippen MR) is 111 cm³/mol. The normalized spacial score (nSPS) is 35.4. The van der Waals surface area contributed by atoms with Crippen LogP contribution in [0.4, 0.5) is 0 Å². The third-order valence-electron chi connectivity index (χ3n) is 7.11. The maximum absolute atomic E-state index is 13.6. The highest BCUT2D eigenvalue weighted by Crippen LogP contribution is 2.63. The molecule has 0 aromatic heterocycles. The molecule has 3 heterocycles. The molecule has 6 atom stereocenters. The molecule has 8 heteroatoms. The fraction of sp³-hybridized carbons (Fsp3) is 0.864. The first kappa shape index (κ1) is 23.0. The molecule has 1 spiro atoms. The molecular formula is C22H37N3O5. The van der Waals surface area contributed by atoms with E-state index in [-0.39, 0.29) is 24.3 Å². The van der Waals surface area contributed by atoms with Crippen LogP contribution in [-0.2, 0) is 19.1 Å². The number of aliphatic hydroxyl groups excluding tert-OH is 1. The zero-order chi connectivity index (χ0) is 22.1. The Balaban J connectivity index is 1.93. The minimum absolute atomic E-state index is 0.181. The minimum Gasteiger partial charge on any atom is -0.394 e. The van der Waals surface area contributed by atoms with Crippen LogP contribution in [0, 0.1) is 11.8 Å². The number of hydrogen-bond donors (Lipinski definition) is 3. The number of nitrogens with zero attached hydrogens (tertiary/aromatic N) is 1. The average molecular weight is 424 g/mol. The van der Waals surface area contributed by atoms with Gasteiger partial charge in [0, 0.05) is 13.1 Å². The van der Waals surface area contributed by atoms with Crippen LogP contribution in [0.5, 0.6) is 0 Å². The molecule has 3 saturated heterocycles. The van der Waals surface area contributed by atoms with E-state index >= 15 is 0 Å². The van der Waals surface area contributed by atoms with E-state index < -0.39 is 35.1 Å². The van der Waals surface area contributed by atoms with E-state index in [9.17, 15) is 19.5 Å². The number of amides is 3. The standard InChI is InChI=1S/C22H37N3O5/c1-5-7-8-12-24-19(28)17-22-10-9-21(4,30-22)15(18(27)23-11-6-2)16(22)20(29)25(17)14(3)13-26/h14-17,26H,5-13H2,1-4H3,(H,23,27)(H,24,28)/t14-,15-,16+,17?,21+,22?/m1/s1. The van der Waals surface area contributed by atoms with Gasteiger partial charge in [-0.3, -0.25) is 14.4 Å². The van der Waals surface area contributed by atoms with Crippen molar-refractivity contribution in [3.63, 3.8) is 0 Å². The molecular weight excluding hydrogens is 386 g/mol. The van der Waals surface area contributed by atoms with Gasteiger partial charge in [-0.1, -0.05) is 26.7 Å². The van der Waals surface area contributed by atoms with Gasteiger partial charge in [0.25, 0.3) is 0 Å². The van der Waals surface area contributed by atoms with Crippen LogP contribution in [-0.4, -0.2) is 70.7 Å². The number of hydrogen-bond acceptors (Lipinski definition) is 5. The van der Waals surface area contributed by atoms with Crippen LogP contribution in [0.3, 0.4) is 0 Å². The quantitative estimate of drug-likeness (QED) is 0.454. The number of ether oxygens (including phenoxy) is 1. The Labute approximate surface area is 179 Å². The highest BCUT2D eigenvalue weighted by Gasteiger charge is 2.78. The molecule has 3 aliphatic rings. The van der Waals surface area contributed by atoms with Gasteiger partial charge in [-0.2, -0.15) is 0 Å². The Morgan fingerprint density at radius 2 is 1.87 bits per heavy atom. The minimum atomic E-state index is -1.02. The molecule has 0 aliphatic carbocycles. The van der Waals surface area contributed by atoms with Crippen molar-refractivity contribution in [3.05, 3.63) is 0 Å². The van der Waals surface area contributed by atoms with E-state index in [0.29, 0.717) is 25.9 Å². The second-order valence-electron chi connectivity index (χ2n) is 9.29. The van der Waals surface area contributed by atoms with Gasteiger partial charge < -0.3 is 25.4 Å². The number of carbonyl (C=O) groups excluding carboxylic acids is 3. The molecule has 3 rings (SSSR count). The van der Waals surface area contributed by atoms with Crippen molar-refractivity contribution in [2.75, 3.05) is 19.7 Å². The molecule has 8 nitrogen and oxygen atoms in total. The topological polar surface area (TPSA) is 108 Å². The van der Waals surface area contributed by atoms with Gasteiger partial charge in [0.1, 0.15) is 11.6 Å². The predicted octanol–water partition coefficient (Wildman–Crippen LogP) is 0.965. The summed E-state index contributed by atoms with van der Waals surface area (Å²) in [7, 11) is 0. The van der Waals surface area contributed by atoms with Crippen molar-refractivity contribution in [1.29, 1.82) is 0 Å². The highest BCUT2D eigenvalue weighted by atomic mass is 16.5. The van der Waals surface area contributed by atoms with Gasteiger partial charge >= 0.3 is 0 Å². The molecule has 0 aromatic carbocycles. The van der Waals surface area contributed by atoms with Gasteiger partial charge in [0.05, 0.1) is 30.1 Å². The largest absolute Gasteiger partial charge is 0.394 e. The zero-order valence-corrected chi connectivity index (χ0v) is 18.7. The molecule has 3 fully saturated rings. The summed E-state index contributed by atoms with van der Waals surface area (Å²) in [5, 5.41) is 15.7. The summed E-state index contributed by atoms with van der Waals surface area (Å²) in [5.41, 5.74) is -1.77. The summed E-state index contributed by atoms with van der Waals surface area (Å²) in [5.74, 6) is -2.02. The van der Waals surface area contributed by atoms with Crippen LogP contribution in [0.15, 0.2) is 0 Å². The fourth-order valence-corrected chi connectivity index (χ4v) is 5.67. The zero-order valence-electron chi connectivity index (χ0n) is 18.7. The number of nitrogens with one attached hydrogen (secondary N) is 2. The summed E-state index contributed by atoms with van der Waals surface area (Å²) in [6, 6.07) is -1.36. The number of fused-ring (bicyclic) bond motifs is 1. The van der Waals surface area contributed by atoms with E-state index in [1.54, 1.807) is 6.92 Å². The molecule has 170 valence electrons. The van der Waals surface area contributed by atoms with Crippen molar-refractivity contribution in [2.45, 2.75) is 89.5 Å². The van der Waals surface area contributed by atoms with E-state index in [0.717, 1.165) is 25.7 Å². The van der Waals surface area contributed by atoms with Crippen LogP contribution >= 0.6 is 0 Å². The fourth-order valence-electron chi connectivity index (χ4n) is 5.67. The lowest BCUT2D eigenvalue weighted by Crippen LogP contribution is -2.57. The maximum Gasteiger partial charge on any atom is 0.245 e. The van der Waals surface area contributed by atoms with Gasteiger partial charge in [-0.05, 0) is 39.5 Å². The summed E-state index contributed by atoms with van der Waals surface area (Å²) < 4.78 is 6.48. The molecule has 0 radical (unpaired) electrons. The second-order valence-corrected chi connectivity index (χ2v) is 9.29. The lowest BCUT2D eigenvalue weighted by molar-refractivity contribution is -0.149. The Kier molecular flexibility index (Phi) is 6.77. The van der Waals surface area contributed by atoms with Gasteiger partial charge in [-0.25, -0.2) is 0 Å². The Morgan fingerprint density at radius 1 is 1.17 bits per heavy atom. The highest BCUT2D eigenvalue weighted by molar-refractivity contribution is 5.99. The molecule has 2 unspecified atom stereocenters. The monoisotopic (exact) mass is 423 g/mol. The average Bonchev–Trinajstić information content (AvgIpc) is 3.29. The smallest absolute Gasteiger partial charge is 0.245 e. The number of aliphatic hydroxyl groups is 1. The van der Waals surface area contributed by atoms with Crippen LogP contribution in [0.1, 0.15) is 66.2 Å². The molecule has 3 N–H and O–H groups in total. The number of rotatable bonds is 10. The van der Waals surface area contributed by atoms with Crippen LogP contribution in [0.2, 0.25) is 0 Å². The van der Waals surface area contributed by atoms with E-state index in [4.69, 9.17) is 4.74 Å². The number of likely N-dealkylation sites (tertiary alicyclic amines) is 1. The molecule has 0 aromatic rings. The first-order chi connectivity index (χ1) is 14.3. The Bertz CT molecular complexity index is 686. The summed E-state index contributed by atoms with van der Waals surface area (Å²) in [4.78, 5) is 41.4. The van der Waals surface area contributed by atoms with Gasteiger partial charge in [0.15, 0.2) is 0 Å². The Hall–Kier alpha value is -1.67. The van der Waals surface area contributed by atoms with Crippen molar-refractivity contribution < 1.29 is 24.2 Å². The third-order valence-corrected chi connectivity index (χ3v) is 7.11. The SMILES string of the molecule is CCCCCNC(=O)C1N([C@H](C)CO)C(=O)[C@@H]2[C@H](C(=O)NCCC)[C@]3(C)CCC12O3. The van der Waals surface area contributed by atoms with Crippen molar-refractivity contribution >= 4 is 17.7 Å². The van der Waals surface area contributed by atoms with Crippen molar-refractivity contribution in [1.82, 2.24) is 15.5 Å². The number of unbranched alkanes of at least 4 members (excludes halogenated alkanes) is 2. The van der Waals surface area contributed by atoms with Gasteiger partial charge in [0.2, 0.25) is 17.7 Å².